The third kappa shape index (κ3) is 1.19. The van der Waals surface area contributed by atoms with Gasteiger partial charge in [0.1, 0.15) is 0 Å². The molecule has 0 aromatic rings. The summed E-state index contributed by atoms with van der Waals surface area (Å²) in [6.07, 6.45) is 6.61. The van der Waals surface area contributed by atoms with E-state index in [0.29, 0.717) is 11.8 Å². The largest absolute Gasteiger partial charge is 0.393 e. The van der Waals surface area contributed by atoms with Crippen LogP contribution in [-0.2, 0) is 14.3 Å². The highest BCUT2D eigenvalue weighted by molar-refractivity contribution is 8.01. The van der Waals surface area contributed by atoms with Crippen LogP contribution >= 0.6 is 11.8 Å². The van der Waals surface area contributed by atoms with Crippen molar-refractivity contribution in [3.05, 3.63) is 0 Å². The second-order valence-electron chi connectivity index (χ2n) is 7.29. The normalized spacial score (nSPS) is 57.9. The molecule has 0 aromatic carbocycles. The monoisotopic (exact) mass is 278 g/mol. The molecule has 6 aliphatic rings. The number of carbonyl (C=O) groups is 2. The maximum atomic E-state index is 12.2. The Morgan fingerprint density at radius 2 is 1.58 bits per heavy atom. The van der Waals surface area contributed by atoms with Gasteiger partial charge in [-0.15, -0.1) is 0 Å². The van der Waals surface area contributed by atoms with Crippen molar-refractivity contribution in [1.29, 1.82) is 0 Å². The molecule has 2 aliphatic heterocycles. The number of rotatable bonds is 0. The van der Waals surface area contributed by atoms with Crippen LogP contribution in [0.5, 0.6) is 0 Å². The number of cyclic esters (lactones) is 2. The predicted molar refractivity (Wildman–Crippen MR) is 70.3 cm³/mol. The molecule has 2 heterocycles. The lowest BCUT2D eigenvalue weighted by molar-refractivity contribution is -0.155. The van der Waals surface area contributed by atoms with Gasteiger partial charge in [-0.05, 0) is 55.8 Å². The van der Waals surface area contributed by atoms with E-state index in [1.54, 1.807) is 0 Å². The quantitative estimate of drug-likeness (QED) is 0.503. The third-order valence-corrected chi connectivity index (χ3v) is 8.52. The Morgan fingerprint density at radius 3 is 2.21 bits per heavy atom. The van der Waals surface area contributed by atoms with E-state index in [1.807, 2.05) is 11.8 Å². The van der Waals surface area contributed by atoms with Gasteiger partial charge >= 0.3 is 11.9 Å². The van der Waals surface area contributed by atoms with Crippen molar-refractivity contribution >= 4 is 23.7 Å². The molecule has 19 heavy (non-hydrogen) atoms. The van der Waals surface area contributed by atoms with Crippen LogP contribution in [0.3, 0.4) is 0 Å². The van der Waals surface area contributed by atoms with Gasteiger partial charge < -0.3 is 4.74 Å². The summed E-state index contributed by atoms with van der Waals surface area (Å²) in [5.41, 5.74) is 0. The van der Waals surface area contributed by atoms with Gasteiger partial charge in [0.15, 0.2) is 0 Å². The Labute approximate surface area is 116 Å². The lowest BCUT2D eigenvalue weighted by atomic mass is 9.48. The molecule has 2 saturated heterocycles. The highest BCUT2D eigenvalue weighted by atomic mass is 32.2. The minimum Gasteiger partial charge on any atom is -0.393 e. The zero-order chi connectivity index (χ0) is 12.8. The maximum Gasteiger partial charge on any atom is 0.318 e. The molecule has 4 aliphatic carbocycles. The number of thioether (sulfide) groups is 1. The Kier molecular flexibility index (Phi) is 1.99. The van der Waals surface area contributed by atoms with E-state index in [4.69, 9.17) is 4.74 Å². The van der Waals surface area contributed by atoms with Gasteiger partial charge in [-0.1, -0.05) is 0 Å². The SMILES string of the molecule is O=C1OC(=O)[C@@H]2CSC3(C4CC5CC(C4)CC3C5)[C@H]12. The molecule has 0 aromatic heterocycles. The van der Waals surface area contributed by atoms with Crippen molar-refractivity contribution < 1.29 is 14.3 Å². The molecule has 0 radical (unpaired) electrons. The van der Waals surface area contributed by atoms with Gasteiger partial charge in [0.05, 0.1) is 11.8 Å². The number of hydrogen-bond acceptors (Lipinski definition) is 4. The third-order valence-electron chi connectivity index (χ3n) is 6.57. The minimum atomic E-state index is -0.242. The summed E-state index contributed by atoms with van der Waals surface area (Å²) in [6, 6.07) is 0. The zero-order valence-electron chi connectivity index (χ0n) is 10.8. The molecule has 3 nitrogen and oxygen atoms in total. The molecule has 2 atom stereocenters. The molecule has 102 valence electrons. The van der Waals surface area contributed by atoms with Gasteiger partial charge in [-0.3, -0.25) is 9.59 Å². The van der Waals surface area contributed by atoms with Crippen LogP contribution in [0, 0.1) is 35.5 Å². The first kappa shape index (κ1) is 11.2. The second-order valence-corrected chi connectivity index (χ2v) is 8.62. The molecule has 4 saturated carbocycles. The zero-order valence-corrected chi connectivity index (χ0v) is 11.7. The maximum absolute atomic E-state index is 12.2. The van der Waals surface area contributed by atoms with E-state index in [0.717, 1.165) is 17.6 Å². The Balaban J connectivity index is 1.61. The van der Waals surface area contributed by atoms with Crippen molar-refractivity contribution in [3.8, 4) is 0 Å². The van der Waals surface area contributed by atoms with Crippen molar-refractivity contribution in [2.45, 2.75) is 36.9 Å². The first-order chi connectivity index (χ1) is 9.18. The minimum absolute atomic E-state index is 0.0708. The summed E-state index contributed by atoms with van der Waals surface area (Å²) in [4.78, 5) is 24.0. The first-order valence-electron chi connectivity index (χ1n) is 7.58. The Hall–Kier alpha value is -0.510. The van der Waals surface area contributed by atoms with Gasteiger partial charge in [-0.25, -0.2) is 0 Å². The Morgan fingerprint density at radius 1 is 0.947 bits per heavy atom. The molecule has 6 rings (SSSR count). The van der Waals surface area contributed by atoms with E-state index in [-0.39, 0.29) is 28.5 Å². The molecule has 4 bridgehead atoms. The lowest BCUT2D eigenvalue weighted by Crippen LogP contribution is -2.59. The van der Waals surface area contributed by atoms with E-state index in [9.17, 15) is 9.59 Å². The van der Waals surface area contributed by atoms with Crippen LogP contribution in [0.25, 0.3) is 0 Å². The van der Waals surface area contributed by atoms with E-state index < -0.39 is 0 Å². The average molecular weight is 278 g/mol. The van der Waals surface area contributed by atoms with Crippen LogP contribution in [-0.4, -0.2) is 22.4 Å². The highest BCUT2D eigenvalue weighted by Gasteiger charge is 2.69. The van der Waals surface area contributed by atoms with Gasteiger partial charge in [0.2, 0.25) is 0 Å². The van der Waals surface area contributed by atoms with E-state index in [1.165, 1.54) is 32.1 Å². The summed E-state index contributed by atoms with van der Waals surface area (Å²) in [5.74, 6) is 3.28. The molecule has 0 N–H and O–H groups in total. The first-order valence-corrected chi connectivity index (χ1v) is 8.56. The fraction of sp³-hybridized carbons (Fsp3) is 0.867. The number of fused-ring (bicyclic) bond motifs is 1. The summed E-state index contributed by atoms with van der Waals surface area (Å²) in [7, 11) is 0. The number of esters is 2. The van der Waals surface area contributed by atoms with E-state index in [2.05, 4.69) is 0 Å². The van der Waals surface area contributed by atoms with Crippen LogP contribution in [0.1, 0.15) is 32.1 Å². The molecule has 6 fully saturated rings. The topological polar surface area (TPSA) is 43.4 Å². The molecule has 0 amide bonds. The summed E-state index contributed by atoms with van der Waals surface area (Å²) >= 11 is 1.96. The molecule has 1 spiro atoms. The molecular weight excluding hydrogens is 260 g/mol. The van der Waals surface area contributed by atoms with Gasteiger partial charge in [0.25, 0.3) is 0 Å². The molecular formula is C15H18O3S. The average Bonchev–Trinajstić information content (AvgIpc) is 2.87. The van der Waals surface area contributed by atoms with Crippen LogP contribution in [0.2, 0.25) is 0 Å². The molecule has 0 unspecified atom stereocenters. The van der Waals surface area contributed by atoms with Crippen molar-refractivity contribution in [1.82, 2.24) is 0 Å². The van der Waals surface area contributed by atoms with Gasteiger partial charge in [0, 0.05) is 10.5 Å². The summed E-state index contributed by atoms with van der Waals surface area (Å²) in [6.45, 7) is 0. The van der Waals surface area contributed by atoms with Crippen molar-refractivity contribution in [2.75, 3.05) is 5.75 Å². The fourth-order valence-corrected chi connectivity index (χ4v) is 8.28. The van der Waals surface area contributed by atoms with Crippen LogP contribution in [0.15, 0.2) is 0 Å². The van der Waals surface area contributed by atoms with E-state index >= 15 is 0 Å². The summed E-state index contributed by atoms with van der Waals surface area (Å²) < 4.78 is 5.04. The number of carbonyl (C=O) groups excluding carboxylic acids is 2. The smallest absolute Gasteiger partial charge is 0.318 e. The fourth-order valence-electron chi connectivity index (χ4n) is 6.19. The predicted octanol–water partition coefficient (Wildman–Crippen LogP) is 2.24. The number of ether oxygens (including phenoxy) is 1. The van der Waals surface area contributed by atoms with Crippen LogP contribution in [0.4, 0.5) is 0 Å². The lowest BCUT2D eigenvalue weighted by Gasteiger charge is -2.61. The Bertz CT molecular complexity index is 458. The summed E-state index contributed by atoms with van der Waals surface area (Å²) in [5, 5.41) is 0. The van der Waals surface area contributed by atoms with Gasteiger partial charge in [-0.2, -0.15) is 11.8 Å². The highest BCUT2D eigenvalue weighted by Crippen LogP contribution is 2.69. The second kappa shape index (κ2) is 3.38. The number of hydrogen-bond donors (Lipinski definition) is 0. The van der Waals surface area contributed by atoms with Crippen molar-refractivity contribution in [3.63, 3.8) is 0 Å². The van der Waals surface area contributed by atoms with Crippen LogP contribution < -0.4 is 0 Å². The standard InChI is InChI=1S/C15H18O3S/c16-13-11-6-19-15(12(11)14(17)18-13)9-2-7-1-8(4-9)5-10(15)3-7/h7-12H,1-6H2/t7?,8?,9?,10?,11-,12+,15?/m1/s1. The molecule has 4 heteroatoms. The van der Waals surface area contributed by atoms with Crippen molar-refractivity contribution in [2.24, 2.45) is 35.5 Å².